The highest BCUT2D eigenvalue weighted by Crippen LogP contribution is 2.54. The molecule has 0 aliphatic rings. The number of nitro benzene ring substituents is 1. The zero-order chi connectivity index (χ0) is 34.1. The van der Waals surface area contributed by atoms with Crippen molar-refractivity contribution in [2.75, 3.05) is 12.4 Å². The minimum Gasteiger partial charge on any atom is -0.494 e. The lowest BCUT2D eigenvalue weighted by atomic mass is 9.91. The van der Waals surface area contributed by atoms with E-state index in [9.17, 15) is 59.2 Å². The second-order valence-electron chi connectivity index (χ2n) is 8.83. The summed E-state index contributed by atoms with van der Waals surface area (Å²) < 4.78 is 130. The van der Waals surface area contributed by atoms with Crippen molar-refractivity contribution >= 4 is 46.3 Å². The van der Waals surface area contributed by atoms with Crippen molar-refractivity contribution in [2.45, 2.75) is 31.1 Å². The highest BCUT2D eigenvalue weighted by molar-refractivity contribution is 6.34. The predicted octanol–water partition coefficient (Wildman–Crippen LogP) is 8.48. The van der Waals surface area contributed by atoms with Crippen LogP contribution in [0.3, 0.4) is 0 Å². The van der Waals surface area contributed by atoms with Crippen LogP contribution in [0.4, 0.5) is 50.9 Å². The number of amides is 1. The highest BCUT2D eigenvalue weighted by atomic mass is 35.5. The number of nitro groups is 1. The molecular weight excluding hydrogens is 678 g/mol. The zero-order valence-electron chi connectivity index (χ0n) is 22.0. The van der Waals surface area contributed by atoms with Crippen LogP contribution >= 0.6 is 23.2 Å². The Kier molecular flexibility index (Phi) is 10.2. The molecule has 19 heteroatoms. The summed E-state index contributed by atoms with van der Waals surface area (Å²) in [7, 11) is 1.04. The Balaban J connectivity index is 2.04. The Bertz CT molecular complexity index is 1630. The second-order valence-corrected chi connectivity index (χ2v) is 9.64. The van der Waals surface area contributed by atoms with Crippen molar-refractivity contribution in [3.63, 3.8) is 0 Å². The number of nitrogens with zero attached hydrogens (tertiary/aromatic N) is 1. The summed E-state index contributed by atoms with van der Waals surface area (Å²) in [5.74, 6) is -3.81. The predicted molar refractivity (Wildman–Crippen MR) is 140 cm³/mol. The van der Waals surface area contributed by atoms with Crippen molar-refractivity contribution < 1.29 is 63.5 Å². The largest absolute Gasteiger partial charge is 0.494 e. The van der Waals surface area contributed by atoms with E-state index in [1.165, 1.54) is 12.1 Å². The van der Waals surface area contributed by atoms with E-state index in [4.69, 9.17) is 27.9 Å². The van der Waals surface area contributed by atoms with E-state index in [0.29, 0.717) is 0 Å². The lowest BCUT2D eigenvalue weighted by Crippen LogP contribution is -2.50. The summed E-state index contributed by atoms with van der Waals surface area (Å²) >= 11 is 11.8. The van der Waals surface area contributed by atoms with Crippen molar-refractivity contribution in [2.24, 2.45) is 0 Å². The molecule has 0 aliphatic heterocycles. The third-order valence-corrected chi connectivity index (χ3v) is 6.71. The van der Waals surface area contributed by atoms with Gasteiger partial charge in [-0.3, -0.25) is 19.7 Å². The number of anilines is 1. The van der Waals surface area contributed by atoms with Crippen molar-refractivity contribution in [1.82, 2.24) is 0 Å². The first-order valence-corrected chi connectivity index (χ1v) is 12.5. The number of rotatable bonds is 10. The fourth-order valence-corrected chi connectivity index (χ4v) is 4.53. The molecule has 0 aromatic heterocycles. The molecule has 1 amide bonds. The molecule has 0 saturated carbocycles. The quantitative estimate of drug-likeness (QED) is 0.0989. The number of halogens is 11. The van der Waals surface area contributed by atoms with Crippen LogP contribution in [0.2, 0.25) is 10.0 Å². The monoisotopic (exact) mass is 692 g/mol. The van der Waals surface area contributed by atoms with Crippen LogP contribution in [0.5, 0.6) is 11.5 Å². The van der Waals surface area contributed by atoms with Crippen LogP contribution in [-0.4, -0.2) is 42.7 Å². The summed E-state index contributed by atoms with van der Waals surface area (Å²) in [4.78, 5) is 36.2. The Hall–Kier alpha value is -4.25. The van der Waals surface area contributed by atoms with E-state index < -0.39 is 80.8 Å². The summed E-state index contributed by atoms with van der Waals surface area (Å²) in [6.07, 6.45) is -14.3. The average molecular weight is 693 g/mol. The van der Waals surface area contributed by atoms with E-state index in [2.05, 4.69) is 10.1 Å². The maximum absolute atomic E-state index is 14.6. The minimum absolute atomic E-state index is 0.120. The van der Waals surface area contributed by atoms with Gasteiger partial charge in [0.25, 0.3) is 11.6 Å². The topological polar surface area (TPSA) is 108 Å². The molecule has 8 nitrogen and oxygen atoms in total. The van der Waals surface area contributed by atoms with Crippen molar-refractivity contribution in [3.8, 4) is 11.5 Å². The van der Waals surface area contributed by atoms with E-state index in [-0.39, 0.29) is 34.2 Å². The van der Waals surface area contributed by atoms with E-state index in [1.807, 2.05) is 0 Å². The molecule has 0 aliphatic carbocycles. The molecule has 3 aromatic carbocycles. The molecule has 0 spiro atoms. The maximum atomic E-state index is 14.6. The van der Waals surface area contributed by atoms with Gasteiger partial charge in [-0.15, -0.1) is 0 Å². The van der Waals surface area contributed by atoms with Gasteiger partial charge in [0.1, 0.15) is 5.75 Å². The van der Waals surface area contributed by atoms with E-state index in [1.54, 1.807) is 0 Å². The number of non-ortho nitro benzene ring substituents is 1. The summed E-state index contributed by atoms with van der Waals surface area (Å²) in [6.45, 7) is -3.85. The fraction of sp³-hybridized carbons (Fsp3) is 0.231. The number of carbonyl (C=O) groups is 2. The lowest BCUT2D eigenvalue weighted by Gasteiger charge is -2.31. The molecule has 3 aromatic rings. The number of benzene rings is 3. The standard InChI is InChI=1S/C26H15Cl2F9N2O6/c1-44-21-14(3-2-4-18(21)38-22(41)13-6-5-12(39(42)43)9-17(13)28)19(40)10-15-16(27)7-11(8-20(15)45-23(29)30)24(31,25(32,33)34)26(35,36)37/h2-9,23H,10H2,1H3,(H,38,41). The molecule has 0 bridgehead atoms. The van der Waals surface area contributed by atoms with Gasteiger partial charge in [-0.05, 0) is 30.3 Å². The number of alkyl halides is 9. The minimum atomic E-state index is -6.61. The Labute approximate surface area is 255 Å². The van der Waals surface area contributed by atoms with Crippen LogP contribution in [-0.2, 0) is 12.1 Å². The number of hydrogen-bond acceptors (Lipinski definition) is 6. The van der Waals surface area contributed by atoms with Gasteiger partial charge >= 0.3 is 24.6 Å². The van der Waals surface area contributed by atoms with Crippen LogP contribution in [0.25, 0.3) is 0 Å². The first kappa shape index (κ1) is 35.2. The molecule has 3 rings (SSSR count). The number of nitrogens with one attached hydrogen (secondary N) is 1. The van der Waals surface area contributed by atoms with Gasteiger partial charge in [-0.25, -0.2) is 4.39 Å². The molecule has 242 valence electrons. The fourth-order valence-electron chi connectivity index (χ4n) is 3.99. The normalized spacial score (nSPS) is 12.2. The average Bonchev–Trinajstić information content (AvgIpc) is 2.92. The smallest absolute Gasteiger partial charge is 0.435 e. The number of methoxy groups -OCH3 is 1. The van der Waals surface area contributed by atoms with Gasteiger partial charge < -0.3 is 14.8 Å². The number of ether oxygens (including phenoxy) is 2. The SMILES string of the molecule is COc1c(NC(=O)c2ccc([N+](=O)[O-])cc2Cl)cccc1C(=O)Cc1c(Cl)cc(C(F)(C(F)(F)F)C(F)(F)F)cc1OC(F)F. The van der Waals surface area contributed by atoms with E-state index in [0.717, 1.165) is 31.4 Å². The van der Waals surface area contributed by atoms with Crippen molar-refractivity contribution in [3.05, 3.63) is 90.9 Å². The first-order chi connectivity index (χ1) is 20.7. The summed E-state index contributed by atoms with van der Waals surface area (Å²) in [6, 6.07) is 6.06. The molecule has 45 heavy (non-hydrogen) atoms. The van der Waals surface area contributed by atoms with Gasteiger partial charge in [0, 0.05) is 34.7 Å². The van der Waals surface area contributed by atoms with Gasteiger partial charge in [0.15, 0.2) is 11.5 Å². The Morgan fingerprint density at radius 3 is 2.07 bits per heavy atom. The molecule has 0 saturated heterocycles. The first-order valence-electron chi connectivity index (χ1n) is 11.8. The third kappa shape index (κ3) is 7.19. The summed E-state index contributed by atoms with van der Waals surface area (Å²) in [5, 5.41) is 11.8. The lowest BCUT2D eigenvalue weighted by molar-refractivity contribution is -0.384. The second kappa shape index (κ2) is 13.0. The van der Waals surface area contributed by atoms with E-state index >= 15 is 0 Å². The number of Topliss-reactive ketones (excluding diaryl/α,β-unsaturated/α-hetero) is 1. The van der Waals surface area contributed by atoms with Crippen LogP contribution in [0.1, 0.15) is 31.8 Å². The molecular formula is C26H15Cl2F9N2O6. The number of hydrogen-bond donors (Lipinski definition) is 1. The molecule has 0 atom stereocenters. The van der Waals surface area contributed by atoms with Gasteiger partial charge in [0.2, 0.25) is 0 Å². The Morgan fingerprint density at radius 1 is 0.933 bits per heavy atom. The third-order valence-electron chi connectivity index (χ3n) is 6.06. The number of para-hydroxylation sites is 1. The molecule has 0 fully saturated rings. The van der Waals surface area contributed by atoms with Gasteiger partial charge in [-0.2, -0.15) is 35.1 Å². The van der Waals surface area contributed by atoms with Gasteiger partial charge in [-0.1, -0.05) is 29.3 Å². The zero-order valence-corrected chi connectivity index (χ0v) is 23.5. The van der Waals surface area contributed by atoms with Crippen LogP contribution < -0.4 is 14.8 Å². The maximum Gasteiger partial charge on any atom is 0.435 e. The highest BCUT2D eigenvalue weighted by Gasteiger charge is 2.73. The number of ketones is 1. The molecule has 0 heterocycles. The molecule has 0 unspecified atom stereocenters. The Morgan fingerprint density at radius 2 is 1.56 bits per heavy atom. The van der Waals surface area contributed by atoms with Crippen molar-refractivity contribution in [1.29, 1.82) is 0 Å². The van der Waals surface area contributed by atoms with Crippen LogP contribution in [0, 0.1) is 10.1 Å². The number of carbonyl (C=O) groups excluding carboxylic acids is 2. The summed E-state index contributed by atoms with van der Waals surface area (Å²) in [5.41, 5.74) is -10.3. The van der Waals surface area contributed by atoms with Gasteiger partial charge in [0.05, 0.1) is 33.9 Å². The van der Waals surface area contributed by atoms with Crippen LogP contribution in [0.15, 0.2) is 48.5 Å². The molecule has 1 N–H and O–H groups in total. The molecule has 0 radical (unpaired) electrons.